The normalized spacial score (nSPS) is 10.6. The van der Waals surface area contributed by atoms with Crippen molar-refractivity contribution in [3.8, 4) is 0 Å². The van der Waals surface area contributed by atoms with Crippen LogP contribution in [0.1, 0.15) is 45.4 Å². The summed E-state index contributed by atoms with van der Waals surface area (Å²) in [4.78, 5) is 0. The maximum absolute atomic E-state index is 3.70. The molecule has 0 unspecified atom stereocenters. The van der Waals surface area contributed by atoms with Crippen LogP contribution < -0.4 is 0 Å². The lowest BCUT2D eigenvalue weighted by Crippen LogP contribution is -1.75. The fourth-order valence-corrected chi connectivity index (χ4v) is 1.07. The van der Waals surface area contributed by atoms with Gasteiger partial charge in [-0.2, -0.15) is 0 Å². The van der Waals surface area contributed by atoms with Crippen molar-refractivity contribution < 1.29 is 0 Å². The second-order valence-corrected chi connectivity index (χ2v) is 2.85. The van der Waals surface area contributed by atoms with Crippen LogP contribution in [0.2, 0.25) is 0 Å². The van der Waals surface area contributed by atoms with E-state index in [9.17, 15) is 0 Å². The molecule has 0 aliphatic heterocycles. The molecule has 0 bridgehead atoms. The predicted octanol–water partition coefficient (Wildman–Crippen LogP) is 4.09. The fraction of sp³-hybridized carbons (Fsp3) is 0.636. The van der Waals surface area contributed by atoms with E-state index in [2.05, 4.69) is 25.7 Å². The van der Waals surface area contributed by atoms with Crippen molar-refractivity contribution in [3.05, 3.63) is 24.8 Å². The van der Waals surface area contributed by atoms with E-state index in [0.29, 0.717) is 0 Å². The van der Waals surface area contributed by atoms with E-state index in [1.165, 1.54) is 38.5 Å². The van der Waals surface area contributed by atoms with Crippen LogP contribution in [0.5, 0.6) is 0 Å². The standard InChI is InChI=1S/C11H20/c1-3-5-7-9-11-10-8-6-4-2/h3-4,6H,1,5,7-11H2,2H3/b6-4+. The quantitative estimate of drug-likeness (QED) is 0.381. The lowest BCUT2D eigenvalue weighted by molar-refractivity contribution is 0.652. The van der Waals surface area contributed by atoms with Crippen LogP contribution in [0.4, 0.5) is 0 Å². The van der Waals surface area contributed by atoms with Gasteiger partial charge in [0, 0.05) is 0 Å². The highest BCUT2D eigenvalue weighted by atomic mass is 13.9. The molecule has 0 heteroatoms. The Kier molecular flexibility index (Phi) is 9.03. The molecule has 11 heavy (non-hydrogen) atoms. The summed E-state index contributed by atoms with van der Waals surface area (Å²) in [5, 5.41) is 0. The first-order chi connectivity index (χ1) is 5.41. The van der Waals surface area contributed by atoms with Gasteiger partial charge in [-0.3, -0.25) is 0 Å². The van der Waals surface area contributed by atoms with Crippen LogP contribution in [0.25, 0.3) is 0 Å². The predicted molar refractivity (Wildman–Crippen MR) is 52.7 cm³/mol. The molecular weight excluding hydrogens is 132 g/mol. The summed E-state index contributed by atoms with van der Waals surface area (Å²) in [5.41, 5.74) is 0. The first-order valence-corrected chi connectivity index (χ1v) is 4.64. The molecule has 0 nitrogen and oxygen atoms in total. The summed E-state index contributed by atoms with van der Waals surface area (Å²) in [5.74, 6) is 0. The molecule has 0 spiro atoms. The van der Waals surface area contributed by atoms with Gasteiger partial charge in [-0.25, -0.2) is 0 Å². The molecular formula is C11H20. The Bertz CT molecular complexity index is 101. The molecule has 0 saturated carbocycles. The zero-order valence-electron chi connectivity index (χ0n) is 7.68. The molecule has 0 aliphatic rings. The molecule has 0 amide bonds. The molecule has 0 aromatic heterocycles. The minimum Gasteiger partial charge on any atom is -0.103 e. The van der Waals surface area contributed by atoms with Crippen LogP contribution in [0.3, 0.4) is 0 Å². The van der Waals surface area contributed by atoms with Crippen molar-refractivity contribution in [1.29, 1.82) is 0 Å². The van der Waals surface area contributed by atoms with Gasteiger partial charge in [-0.1, -0.05) is 31.1 Å². The smallest absolute Gasteiger partial charge is 0.0351 e. The molecule has 0 aliphatic carbocycles. The molecule has 0 aromatic rings. The number of hydrogen-bond acceptors (Lipinski definition) is 0. The first kappa shape index (κ1) is 10.5. The van der Waals surface area contributed by atoms with Crippen LogP contribution in [0.15, 0.2) is 24.8 Å². The molecule has 0 saturated heterocycles. The number of rotatable bonds is 7. The Morgan fingerprint density at radius 2 is 1.64 bits per heavy atom. The van der Waals surface area contributed by atoms with Gasteiger partial charge in [0.05, 0.1) is 0 Å². The van der Waals surface area contributed by atoms with Gasteiger partial charge in [0.15, 0.2) is 0 Å². The van der Waals surface area contributed by atoms with Crippen molar-refractivity contribution in [2.45, 2.75) is 45.4 Å². The number of hydrogen-bond donors (Lipinski definition) is 0. The van der Waals surface area contributed by atoms with Gasteiger partial charge < -0.3 is 0 Å². The lowest BCUT2D eigenvalue weighted by atomic mass is 10.1. The third-order valence-corrected chi connectivity index (χ3v) is 1.76. The zero-order chi connectivity index (χ0) is 8.36. The monoisotopic (exact) mass is 152 g/mol. The van der Waals surface area contributed by atoms with Gasteiger partial charge in [0.1, 0.15) is 0 Å². The molecule has 64 valence electrons. The van der Waals surface area contributed by atoms with Crippen LogP contribution >= 0.6 is 0 Å². The van der Waals surface area contributed by atoms with Crippen molar-refractivity contribution >= 4 is 0 Å². The SMILES string of the molecule is C=CCCCCCC/C=C/C. The van der Waals surface area contributed by atoms with E-state index in [0.717, 1.165) is 0 Å². The number of unbranched alkanes of at least 4 members (excludes halogenated alkanes) is 5. The Hall–Kier alpha value is -0.520. The average Bonchev–Trinajstić information content (AvgIpc) is 2.03. The van der Waals surface area contributed by atoms with E-state index in [-0.39, 0.29) is 0 Å². The van der Waals surface area contributed by atoms with Gasteiger partial charge in [-0.15, -0.1) is 6.58 Å². The van der Waals surface area contributed by atoms with Gasteiger partial charge in [-0.05, 0) is 32.6 Å². The third kappa shape index (κ3) is 9.48. The molecule has 0 heterocycles. The van der Waals surface area contributed by atoms with E-state index in [1.54, 1.807) is 0 Å². The second-order valence-electron chi connectivity index (χ2n) is 2.85. The summed E-state index contributed by atoms with van der Waals surface area (Å²) >= 11 is 0. The Labute approximate surface area is 71.0 Å². The molecule has 0 rings (SSSR count). The van der Waals surface area contributed by atoms with Gasteiger partial charge >= 0.3 is 0 Å². The van der Waals surface area contributed by atoms with Crippen molar-refractivity contribution in [3.63, 3.8) is 0 Å². The fourth-order valence-electron chi connectivity index (χ4n) is 1.07. The van der Waals surface area contributed by atoms with Crippen LogP contribution in [0, 0.1) is 0 Å². The van der Waals surface area contributed by atoms with Crippen molar-refractivity contribution in [2.24, 2.45) is 0 Å². The summed E-state index contributed by atoms with van der Waals surface area (Å²) in [6, 6.07) is 0. The first-order valence-electron chi connectivity index (χ1n) is 4.64. The van der Waals surface area contributed by atoms with Gasteiger partial charge in [0.2, 0.25) is 0 Å². The van der Waals surface area contributed by atoms with Crippen molar-refractivity contribution in [2.75, 3.05) is 0 Å². The van der Waals surface area contributed by atoms with E-state index in [1.807, 2.05) is 6.08 Å². The second kappa shape index (κ2) is 9.48. The summed E-state index contributed by atoms with van der Waals surface area (Å²) in [6.07, 6.45) is 14.2. The van der Waals surface area contributed by atoms with Crippen LogP contribution in [-0.2, 0) is 0 Å². The summed E-state index contributed by atoms with van der Waals surface area (Å²) in [6.45, 7) is 5.78. The van der Waals surface area contributed by atoms with Gasteiger partial charge in [0.25, 0.3) is 0 Å². The van der Waals surface area contributed by atoms with E-state index in [4.69, 9.17) is 0 Å². The molecule has 0 radical (unpaired) electrons. The van der Waals surface area contributed by atoms with Crippen molar-refractivity contribution in [1.82, 2.24) is 0 Å². The highest BCUT2D eigenvalue weighted by molar-refractivity contribution is 4.76. The molecule has 0 N–H and O–H groups in total. The third-order valence-electron chi connectivity index (χ3n) is 1.76. The van der Waals surface area contributed by atoms with E-state index < -0.39 is 0 Å². The maximum atomic E-state index is 3.70. The van der Waals surface area contributed by atoms with Crippen LogP contribution in [-0.4, -0.2) is 0 Å². The molecule has 0 atom stereocenters. The summed E-state index contributed by atoms with van der Waals surface area (Å²) < 4.78 is 0. The maximum Gasteiger partial charge on any atom is -0.0351 e. The highest BCUT2D eigenvalue weighted by Gasteiger charge is 1.85. The number of allylic oxidation sites excluding steroid dienone is 3. The largest absolute Gasteiger partial charge is 0.103 e. The topological polar surface area (TPSA) is 0 Å². The molecule has 0 aromatic carbocycles. The molecule has 0 fully saturated rings. The Balaban J connectivity index is 2.84. The van der Waals surface area contributed by atoms with E-state index >= 15 is 0 Å². The average molecular weight is 152 g/mol. The highest BCUT2D eigenvalue weighted by Crippen LogP contribution is 2.05. The Morgan fingerprint density at radius 3 is 2.18 bits per heavy atom. The lowest BCUT2D eigenvalue weighted by Gasteiger charge is -1.95. The summed E-state index contributed by atoms with van der Waals surface area (Å²) in [7, 11) is 0. The minimum atomic E-state index is 1.18. The Morgan fingerprint density at radius 1 is 1.00 bits per heavy atom. The zero-order valence-corrected chi connectivity index (χ0v) is 7.68. The minimum absolute atomic E-state index is 1.18.